The summed E-state index contributed by atoms with van der Waals surface area (Å²) < 4.78 is 31.1. The van der Waals surface area contributed by atoms with Crippen LogP contribution in [0.2, 0.25) is 0 Å². The number of benzene rings is 1. The molecule has 0 aliphatic rings. The van der Waals surface area contributed by atoms with Crippen molar-refractivity contribution in [3.05, 3.63) is 23.8 Å². The summed E-state index contributed by atoms with van der Waals surface area (Å²) in [5.41, 5.74) is 6.60. The molecule has 7 heteroatoms. The van der Waals surface area contributed by atoms with Crippen LogP contribution in [0.25, 0.3) is 0 Å². The Morgan fingerprint density at radius 3 is 2.63 bits per heavy atom. The third-order valence-electron chi connectivity index (χ3n) is 2.47. The fourth-order valence-electron chi connectivity index (χ4n) is 1.56. The molecule has 1 aromatic carbocycles. The van der Waals surface area contributed by atoms with Crippen molar-refractivity contribution in [2.24, 2.45) is 0 Å². The molecule has 0 amide bonds. The zero-order chi connectivity index (χ0) is 14.5. The van der Waals surface area contributed by atoms with E-state index in [1.165, 1.54) is 6.07 Å². The van der Waals surface area contributed by atoms with Crippen molar-refractivity contribution < 1.29 is 17.9 Å². The van der Waals surface area contributed by atoms with Crippen LogP contribution in [0.1, 0.15) is 19.4 Å². The Labute approximate surface area is 113 Å². The number of carbonyl (C=O) groups is 1. The molecule has 0 radical (unpaired) electrons. The number of carbonyl (C=O) groups excluding carboxylic acids is 1. The van der Waals surface area contributed by atoms with E-state index in [9.17, 15) is 13.2 Å². The first kappa shape index (κ1) is 15.5. The third kappa shape index (κ3) is 4.22. The molecule has 0 aliphatic carbocycles. The van der Waals surface area contributed by atoms with E-state index in [0.29, 0.717) is 17.7 Å². The number of sulfonamides is 1. The highest BCUT2D eigenvalue weighted by molar-refractivity contribution is 7.89. The lowest BCUT2D eigenvalue weighted by Crippen LogP contribution is -2.31. The van der Waals surface area contributed by atoms with Gasteiger partial charge in [-0.25, -0.2) is 8.42 Å². The van der Waals surface area contributed by atoms with Crippen molar-refractivity contribution in [2.45, 2.75) is 25.2 Å². The lowest BCUT2D eigenvalue weighted by Gasteiger charge is -2.11. The van der Waals surface area contributed by atoms with Crippen LogP contribution >= 0.6 is 0 Å². The molecule has 0 saturated heterocycles. The Morgan fingerprint density at radius 1 is 1.37 bits per heavy atom. The van der Waals surface area contributed by atoms with E-state index < -0.39 is 22.5 Å². The van der Waals surface area contributed by atoms with Crippen molar-refractivity contribution in [3.63, 3.8) is 0 Å². The van der Waals surface area contributed by atoms with Crippen LogP contribution in [-0.4, -0.2) is 27.5 Å². The molecular formula is C12H18N2O4S. The molecule has 6 nitrogen and oxygen atoms in total. The van der Waals surface area contributed by atoms with Crippen molar-refractivity contribution in [3.8, 4) is 0 Å². The van der Waals surface area contributed by atoms with Gasteiger partial charge in [0.2, 0.25) is 10.0 Å². The summed E-state index contributed by atoms with van der Waals surface area (Å²) in [6, 6.07) is 4.68. The predicted octanol–water partition coefficient (Wildman–Crippen LogP) is 0.673. The minimum atomic E-state index is -3.77. The van der Waals surface area contributed by atoms with Crippen molar-refractivity contribution in [1.82, 2.24) is 4.72 Å². The molecule has 0 aromatic heterocycles. The number of anilines is 1. The Hall–Kier alpha value is -1.60. The fourth-order valence-corrected chi connectivity index (χ4v) is 2.87. The van der Waals surface area contributed by atoms with Crippen LogP contribution < -0.4 is 10.5 Å². The first-order valence-electron chi connectivity index (χ1n) is 5.94. The summed E-state index contributed by atoms with van der Waals surface area (Å²) in [5, 5.41) is 0. The summed E-state index contributed by atoms with van der Waals surface area (Å²) in [5.74, 6) is -0.618. The Kier molecular flexibility index (Phi) is 5.31. The molecule has 0 saturated carbocycles. The standard InChI is InChI=1S/C12H18N2O4S/c1-3-9-5-6-10(13)7-11(9)19(16,17)14-8-12(15)18-4-2/h5-7,14H,3-4,8,13H2,1-2H3. The Bertz CT molecular complexity index is 555. The predicted molar refractivity (Wildman–Crippen MR) is 72.1 cm³/mol. The van der Waals surface area contributed by atoms with Crippen LogP contribution in [0.3, 0.4) is 0 Å². The Morgan fingerprint density at radius 2 is 2.05 bits per heavy atom. The van der Waals surface area contributed by atoms with Crippen LogP contribution in [0.4, 0.5) is 5.69 Å². The lowest BCUT2D eigenvalue weighted by atomic mass is 10.1. The molecule has 1 rings (SSSR count). The molecule has 0 spiro atoms. The third-order valence-corrected chi connectivity index (χ3v) is 3.96. The second-order valence-corrected chi connectivity index (χ2v) is 5.59. The zero-order valence-corrected chi connectivity index (χ0v) is 11.8. The second kappa shape index (κ2) is 6.53. The number of esters is 1. The average Bonchev–Trinajstić information content (AvgIpc) is 2.37. The van der Waals surface area contributed by atoms with Crippen LogP contribution in [0.5, 0.6) is 0 Å². The molecule has 0 fully saturated rings. The molecule has 0 aliphatic heterocycles. The van der Waals surface area contributed by atoms with E-state index >= 15 is 0 Å². The normalized spacial score (nSPS) is 11.3. The smallest absolute Gasteiger partial charge is 0.321 e. The van der Waals surface area contributed by atoms with Crippen molar-refractivity contribution in [1.29, 1.82) is 0 Å². The highest BCUT2D eigenvalue weighted by Gasteiger charge is 2.19. The molecular weight excluding hydrogens is 268 g/mol. The summed E-state index contributed by atoms with van der Waals surface area (Å²) in [4.78, 5) is 11.3. The molecule has 0 unspecified atom stereocenters. The van der Waals surface area contributed by atoms with Gasteiger partial charge in [-0.2, -0.15) is 4.72 Å². The summed E-state index contributed by atoms with van der Waals surface area (Å²) in [6.07, 6.45) is 0.552. The monoisotopic (exact) mass is 286 g/mol. The first-order valence-corrected chi connectivity index (χ1v) is 7.42. The fraction of sp³-hybridized carbons (Fsp3) is 0.417. The molecule has 0 atom stereocenters. The maximum absolute atomic E-state index is 12.1. The van der Waals surface area contributed by atoms with Crippen LogP contribution in [-0.2, 0) is 26.0 Å². The molecule has 19 heavy (non-hydrogen) atoms. The van der Waals surface area contributed by atoms with Gasteiger partial charge in [-0.3, -0.25) is 4.79 Å². The number of nitrogens with one attached hydrogen (secondary N) is 1. The topological polar surface area (TPSA) is 98.5 Å². The van der Waals surface area contributed by atoms with Gasteiger partial charge in [-0.05, 0) is 31.0 Å². The van der Waals surface area contributed by atoms with Gasteiger partial charge in [-0.15, -0.1) is 0 Å². The number of hydrogen-bond donors (Lipinski definition) is 2. The van der Waals surface area contributed by atoms with Crippen LogP contribution in [0, 0.1) is 0 Å². The quantitative estimate of drug-likeness (QED) is 0.591. The van der Waals surface area contributed by atoms with E-state index in [-0.39, 0.29) is 11.5 Å². The van der Waals surface area contributed by atoms with Gasteiger partial charge in [-0.1, -0.05) is 13.0 Å². The first-order chi connectivity index (χ1) is 8.90. The number of rotatable bonds is 6. The number of nitrogen functional groups attached to an aromatic ring is 1. The summed E-state index contributed by atoms with van der Waals surface area (Å²) in [7, 11) is -3.77. The van der Waals surface area contributed by atoms with Gasteiger partial charge in [0, 0.05) is 5.69 Å². The second-order valence-electron chi connectivity index (χ2n) is 3.85. The van der Waals surface area contributed by atoms with Gasteiger partial charge < -0.3 is 10.5 Å². The summed E-state index contributed by atoms with van der Waals surface area (Å²) >= 11 is 0. The van der Waals surface area contributed by atoms with E-state index in [1.807, 2.05) is 6.92 Å². The van der Waals surface area contributed by atoms with Gasteiger partial charge in [0.1, 0.15) is 6.54 Å². The number of nitrogens with two attached hydrogens (primary N) is 1. The van der Waals surface area contributed by atoms with E-state index in [1.54, 1.807) is 19.1 Å². The molecule has 3 N–H and O–H groups in total. The van der Waals surface area contributed by atoms with E-state index in [2.05, 4.69) is 9.46 Å². The summed E-state index contributed by atoms with van der Waals surface area (Å²) in [6.45, 7) is 3.31. The average molecular weight is 286 g/mol. The maximum atomic E-state index is 12.1. The number of aryl methyl sites for hydroxylation is 1. The van der Waals surface area contributed by atoms with Crippen molar-refractivity contribution >= 4 is 21.7 Å². The molecule has 0 bridgehead atoms. The minimum absolute atomic E-state index is 0.0966. The van der Waals surface area contributed by atoms with Gasteiger partial charge in [0.15, 0.2) is 0 Å². The highest BCUT2D eigenvalue weighted by Crippen LogP contribution is 2.19. The number of ether oxygens (including phenoxy) is 1. The zero-order valence-electron chi connectivity index (χ0n) is 11.0. The van der Waals surface area contributed by atoms with Crippen LogP contribution in [0.15, 0.2) is 23.1 Å². The Balaban J connectivity index is 2.94. The van der Waals surface area contributed by atoms with Gasteiger partial charge in [0.05, 0.1) is 11.5 Å². The largest absolute Gasteiger partial charge is 0.465 e. The number of hydrogen-bond acceptors (Lipinski definition) is 5. The minimum Gasteiger partial charge on any atom is -0.465 e. The maximum Gasteiger partial charge on any atom is 0.321 e. The highest BCUT2D eigenvalue weighted by atomic mass is 32.2. The van der Waals surface area contributed by atoms with Gasteiger partial charge in [0.25, 0.3) is 0 Å². The SMILES string of the molecule is CCOC(=O)CNS(=O)(=O)c1cc(N)ccc1CC. The van der Waals surface area contributed by atoms with E-state index in [0.717, 1.165) is 0 Å². The molecule has 1 aromatic rings. The van der Waals surface area contributed by atoms with Gasteiger partial charge >= 0.3 is 5.97 Å². The molecule has 0 heterocycles. The van der Waals surface area contributed by atoms with E-state index in [4.69, 9.17) is 5.73 Å². The lowest BCUT2D eigenvalue weighted by molar-refractivity contribution is -0.141. The van der Waals surface area contributed by atoms with Crippen molar-refractivity contribution in [2.75, 3.05) is 18.9 Å². The molecule has 106 valence electrons.